The molecule has 0 bridgehead atoms. The molecule has 0 unspecified atom stereocenters. The van der Waals surface area contributed by atoms with Crippen LogP contribution in [0.5, 0.6) is 0 Å². The molecule has 2 heterocycles. The van der Waals surface area contributed by atoms with Crippen molar-refractivity contribution in [3.05, 3.63) is 57.3 Å². The first-order valence-electron chi connectivity index (χ1n) is 13.0. The summed E-state index contributed by atoms with van der Waals surface area (Å²) in [5, 5.41) is 16.2. The highest BCUT2D eigenvalue weighted by Gasteiger charge is 2.15. The van der Waals surface area contributed by atoms with Crippen LogP contribution >= 0.6 is 22.9 Å². The Bertz CT molecular complexity index is 1230. The molecule has 0 saturated heterocycles. The number of hydroxylamine groups is 1. The van der Waals surface area contributed by atoms with Crippen molar-refractivity contribution in [2.45, 2.75) is 52.4 Å². The van der Waals surface area contributed by atoms with Gasteiger partial charge in [0.25, 0.3) is 0 Å². The number of aryl methyl sites for hydroxylation is 2. The SMILES string of the molecule is Cc1nc(NCCN(C)CCCCCCC(=O)NO)cc(Nc2ncc(C(=O)Cc3c(C)cccc3Cl)s2)n1. The number of likely N-dealkylation sites (N-methyl/N-ethyl adjacent to an activating group) is 1. The van der Waals surface area contributed by atoms with Gasteiger partial charge >= 0.3 is 0 Å². The van der Waals surface area contributed by atoms with Crippen LogP contribution in [0.15, 0.2) is 30.5 Å². The van der Waals surface area contributed by atoms with Gasteiger partial charge in [0.05, 0.1) is 11.1 Å². The van der Waals surface area contributed by atoms with E-state index in [1.54, 1.807) is 17.7 Å². The smallest absolute Gasteiger partial charge is 0.243 e. The molecule has 39 heavy (non-hydrogen) atoms. The number of anilines is 3. The van der Waals surface area contributed by atoms with Crippen molar-refractivity contribution in [1.29, 1.82) is 0 Å². The summed E-state index contributed by atoms with van der Waals surface area (Å²) in [4.78, 5) is 39.9. The summed E-state index contributed by atoms with van der Waals surface area (Å²) >= 11 is 7.57. The van der Waals surface area contributed by atoms with Gasteiger partial charge < -0.3 is 15.5 Å². The van der Waals surface area contributed by atoms with Gasteiger partial charge in [0.2, 0.25) is 5.91 Å². The van der Waals surface area contributed by atoms with Crippen molar-refractivity contribution in [2.24, 2.45) is 0 Å². The van der Waals surface area contributed by atoms with E-state index in [0.717, 1.165) is 56.4 Å². The van der Waals surface area contributed by atoms with Gasteiger partial charge in [-0.1, -0.05) is 47.9 Å². The van der Waals surface area contributed by atoms with Gasteiger partial charge in [-0.05, 0) is 57.5 Å². The van der Waals surface area contributed by atoms with Crippen LogP contribution in [0.25, 0.3) is 0 Å². The number of hydrogen-bond acceptors (Lipinski definition) is 10. The monoisotopic (exact) mass is 573 g/mol. The number of nitrogens with one attached hydrogen (secondary N) is 3. The fourth-order valence-electron chi connectivity index (χ4n) is 3.99. The molecule has 12 heteroatoms. The summed E-state index contributed by atoms with van der Waals surface area (Å²) in [5.41, 5.74) is 3.49. The largest absolute Gasteiger partial charge is 0.369 e. The van der Waals surface area contributed by atoms with E-state index < -0.39 is 0 Å². The number of Topliss-reactive ketones (excluding diaryl/α,β-unsaturated/α-hetero) is 1. The summed E-state index contributed by atoms with van der Waals surface area (Å²) in [6.07, 6.45) is 6.00. The number of benzene rings is 1. The van der Waals surface area contributed by atoms with Crippen molar-refractivity contribution in [3.8, 4) is 0 Å². The summed E-state index contributed by atoms with van der Waals surface area (Å²) in [6.45, 7) is 6.31. The normalized spacial score (nSPS) is 11.0. The molecule has 1 aromatic carbocycles. The van der Waals surface area contributed by atoms with Gasteiger partial charge in [0.15, 0.2) is 10.9 Å². The lowest BCUT2D eigenvalue weighted by atomic mass is 10.0. The number of carbonyl (C=O) groups excluding carboxylic acids is 2. The minimum atomic E-state index is -0.331. The van der Waals surface area contributed by atoms with Crippen molar-refractivity contribution in [2.75, 3.05) is 37.3 Å². The number of thiazole rings is 1. The fourth-order valence-corrected chi connectivity index (χ4v) is 5.04. The average Bonchev–Trinajstić information content (AvgIpc) is 3.36. The van der Waals surface area contributed by atoms with E-state index in [0.29, 0.717) is 38.9 Å². The van der Waals surface area contributed by atoms with Gasteiger partial charge in [0, 0.05) is 37.0 Å². The van der Waals surface area contributed by atoms with Gasteiger partial charge in [0.1, 0.15) is 17.5 Å². The highest BCUT2D eigenvalue weighted by atomic mass is 35.5. The molecular formula is C27H36ClN7O3S. The van der Waals surface area contributed by atoms with Crippen LogP contribution < -0.4 is 16.1 Å². The zero-order valence-electron chi connectivity index (χ0n) is 22.6. The topological polar surface area (TPSA) is 132 Å². The number of hydrogen-bond donors (Lipinski definition) is 4. The van der Waals surface area contributed by atoms with Crippen LogP contribution in [0, 0.1) is 13.8 Å². The Hall–Kier alpha value is -3.12. The van der Waals surface area contributed by atoms with Crippen molar-refractivity contribution < 1.29 is 14.8 Å². The Labute approximate surface area is 238 Å². The number of nitrogens with zero attached hydrogens (tertiary/aromatic N) is 4. The number of carbonyl (C=O) groups is 2. The van der Waals surface area contributed by atoms with E-state index in [1.807, 2.05) is 32.0 Å². The number of halogens is 1. The number of rotatable bonds is 16. The van der Waals surface area contributed by atoms with E-state index >= 15 is 0 Å². The maximum Gasteiger partial charge on any atom is 0.243 e. The summed E-state index contributed by atoms with van der Waals surface area (Å²) in [7, 11) is 2.08. The molecule has 0 aliphatic heterocycles. The highest BCUT2D eigenvalue weighted by molar-refractivity contribution is 7.17. The average molecular weight is 574 g/mol. The predicted octanol–water partition coefficient (Wildman–Crippen LogP) is 5.17. The third-order valence-corrected chi connectivity index (χ3v) is 7.47. The van der Waals surface area contributed by atoms with Crippen LogP contribution in [-0.2, 0) is 11.2 Å². The highest BCUT2D eigenvalue weighted by Crippen LogP contribution is 2.26. The van der Waals surface area contributed by atoms with Crippen LogP contribution in [0.3, 0.4) is 0 Å². The summed E-state index contributed by atoms with van der Waals surface area (Å²) in [6, 6.07) is 7.44. The Morgan fingerprint density at radius 3 is 2.62 bits per heavy atom. The third kappa shape index (κ3) is 10.2. The minimum Gasteiger partial charge on any atom is -0.369 e. The molecule has 0 fully saturated rings. The lowest BCUT2D eigenvalue weighted by Gasteiger charge is -2.17. The summed E-state index contributed by atoms with van der Waals surface area (Å²) in [5.74, 6) is 1.57. The minimum absolute atomic E-state index is 0.0313. The molecule has 0 radical (unpaired) electrons. The first-order valence-corrected chi connectivity index (χ1v) is 14.2. The molecule has 210 valence electrons. The van der Waals surface area contributed by atoms with Gasteiger partial charge in [-0.15, -0.1) is 0 Å². The molecule has 4 N–H and O–H groups in total. The predicted molar refractivity (Wildman–Crippen MR) is 155 cm³/mol. The van der Waals surface area contributed by atoms with Crippen LogP contribution in [-0.4, -0.2) is 63.4 Å². The van der Waals surface area contributed by atoms with E-state index in [4.69, 9.17) is 16.8 Å². The maximum absolute atomic E-state index is 12.8. The van der Waals surface area contributed by atoms with Crippen molar-refractivity contribution in [3.63, 3.8) is 0 Å². The zero-order chi connectivity index (χ0) is 28.2. The number of aromatic nitrogens is 3. The van der Waals surface area contributed by atoms with Crippen molar-refractivity contribution in [1.82, 2.24) is 25.3 Å². The molecule has 0 spiro atoms. The lowest BCUT2D eigenvalue weighted by Crippen LogP contribution is -2.26. The first kappa shape index (κ1) is 30.4. The fraction of sp³-hybridized carbons (Fsp3) is 0.444. The molecular weight excluding hydrogens is 538 g/mol. The van der Waals surface area contributed by atoms with E-state index in [1.165, 1.54) is 11.3 Å². The Balaban J connectivity index is 1.45. The van der Waals surface area contributed by atoms with E-state index in [9.17, 15) is 9.59 Å². The number of amides is 1. The molecule has 0 atom stereocenters. The first-order chi connectivity index (χ1) is 18.7. The van der Waals surface area contributed by atoms with Crippen molar-refractivity contribution >= 4 is 51.4 Å². The molecule has 2 aromatic heterocycles. The molecule has 1 amide bonds. The lowest BCUT2D eigenvalue weighted by molar-refractivity contribution is -0.129. The zero-order valence-corrected chi connectivity index (χ0v) is 24.2. The van der Waals surface area contributed by atoms with E-state index in [2.05, 4.69) is 37.5 Å². The second-order valence-corrected chi connectivity index (χ2v) is 10.8. The Morgan fingerprint density at radius 2 is 1.85 bits per heavy atom. The molecule has 0 aliphatic carbocycles. The second-order valence-electron chi connectivity index (χ2n) is 9.40. The summed E-state index contributed by atoms with van der Waals surface area (Å²) < 4.78 is 0. The molecule has 3 aromatic rings. The van der Waals surface area contributed by atoms with Gasteiger partial charge in [-0.2, -0.15) is 0 Å². The van der Waals surface area contributed by atoms with Crippen LogP contribution in [0.2, 0.25) is 5.02 Å². The Kier molecular flexibility index (Phi) is 12.1. The molecule has 0 aliphatic rings. The number of ketones is 1. The third-order valence-electron chi connectivity index (χ3n) is 6.16. The van der Waals surface area contributed by atoms with Crippen LogP contribution in [0.1, 0.15) is 58.7 Å². The van der Waals surface area contributed by atoms with Gasteiger partial charge in [-0.3, -0.25) is 14.8 Å². The molecule has 10 nitrogen and oxygen atoms in total. The van der Waals surface area contributed by atoms with Crippen LogP contribution in [0.4, 0.5) is 16.8 Å². The number of unbranched alkanes of at least 4 members (excludes halogenated alkanes) is 3. The maximum atomic E-state index is 12.8. The quantitative estimate of drug-likeness (QED) is 0.0792. The van der Waals surface area contributed by atoms with Gasteiger partial charge in [-0.25, -0.2) is 20.4 Å². The molecule has 0 saturated carbocycles. The van der Waals surface area contributed by atoms with E-state index in [-0.39, 0.29) is 18.1 Å². The molecule has 3 rings (SSSR count). The Morgan fingerprint density at radius 1 is 1.08 bits per heavy atom. The second kappa shape index (κ2) is 15.5. The standard InChI is InChI=1S/C27H36ClN7O3S/c1-18-9-8-10-21(28)20(18)15-22(36)23-17-30-27(39-23)33-25-16-24(31-19(2)32-25)29-12-14-35(3)13-7-5-4-6-11-26(37)34-38/h8-10,16-17,38H,4-7,11-15H2,1-3H3,(H,34,37)(H2,29,30,31,32,33).